The third-order valence-electron chi connectivity index (χ3n) is 5.93. The molecule has 0 radical (unpaired) electrons. The van der Waals surface area contributed by atoms with Gasteiger partial charge in [0.1, 0.15) is 5.78 Å². The largest absolute Gasteiger partial charge is 1.00 e. The van der Waals surface area contributed by atoms with Crippen LogP contribution in [0, 0.1) is 11.8 Å². The first-order valence-corrected chi connectivity index (χ1v) is 8.86. The minimum absolute atomic E-state index is 0. The van der Waals surface area contributed by atoms with E-state index in [1.807, 2.05) is 0 Å². The van der Waals surface area contributed by atoms with Gasteiger partial charge in [-0.1, -0.05) is 0 Å². The van der Waals surface area contributed by atoms with Gasteiger partial charge in [-0.25, -0.2) is 0 Å². The number of hydrogen-bond acceptors (Lipinski definition) is 5. The highest BCUT2D eigenvalue weighted by Gasteiger charge is 2.43. The zero-order valence-corrected chi connectivity index (χ0v) is 16.3. The number of Topliss-reactive ketones (excluding diaryl/α,β-unsaturated/α-hetero) is 1. The van der Waals surface area contributed by atoms with Gasteiger partial charge in [-0.15, -0.1) is 0 Å². The Morgan fingerprint density at radius 2 is 1.12 bits per heavy atom. The molecule has 0 amide bonds. The standard InChI is InChI=1S/C17H30N2O3.2ClH/c1-13(18-5-9-21-10-6-18)15-3-4-16(17(15)20)14(2)19-7-11-22-12-8-19;;/h13-16H,3-12H2,1-2H3;2*1H/p-2. The monoisotopic (exact) mass is 380 g/mol. The fourth-order valence-electron chi connectivity index (χ4n) is 4.35. The molecule has 5 nitrogen and oxygen atoms in total. The summed E-state index contributed by atoms with van der Waals surface area (Å²) in [6.07, 6.45) is 2.10. The van der Waals surface area contributed by atoms with Crippen molar-refractivity contribution in [3.8, 4) is 0 Å². The maximum Gasteiger partial charge on any atom is 0.142 e. The Morgan fingerprint density at radius 3 is 1.46 bits per heavy atom. The molecular weight excluding hydrogens is 351 g/mol. The van der Waals surface area contributed by atoms with Crippen LogP contribution in [0.5, 0.6) is 0 Å². The number of halogens is 2. The molecule has 1 saturated carbocycles. The van der Waals surface area contributed by atoms with Crippen molar-refractivity contribution in [2.45, 2.75) is 38.8 Å². The van der Waals surface area contributed by atoms with E-state index in [-0.39, 0.29) is 36.6 Å². The van der Waals surface area contributed by atoms with Crippen LogP contribution < -0.4 is 24.8 Å². The van der Waals surface area contributed by atoms with Crippen molar-refractivity contribution in [3.63, 3.8) is 0 Å². The van der Waals surface area contributed by atoms with Gasteiger partial charge in [0.25, 0.3) is 0 Å². The van der Waals surface area contributed by atoms with Gasteiger partial charge in [-0.2, -0.15) is 0 Å². The highest BCUT2D eigenvalue weighted by molar-refractivity contribution is 5.86. The summed E-state index contributed by atoms with van der Waals surface area (Å²) in [6.45, 7) is 11.5. The molecule has 0 aromatic carbocycles. The van der Waals surface area contributed by atoms with Crippen LogP contribution in [0.25, 0.3) is 0 Å². The van der Waals surface area contributed by atoms with Crippen LogP contribution >= 0.6 is 0 Å². The SMILES string of the molecule is CC(C1CCC(C(C)N2CCOCC2)C1=O)N1CCOCC1.[Cl-].[Cl-]. The normalized spacial score (nSPS) is 31.8. The van der Waals surface area contributed by atoms with E-state index >= 15 is 0 Å². The Kier molecular flexibility index (Phi) is 9.49. The van der Waals surface area contributed by atoms with E-state index in [9.17, 15) is 4.79 Å². The van der Waals surface area contributed by atoms with Crippen molar-refractivity contribution in [1.29, 1.82) is 0 Å². The van der Waals surface area contributed by atoms with Crippen molar-refractivity contribution in [1.82, 2.24) is 9.80 Å². The van der Waals surface area contributed by atoms with E-state index in [4.69, 9.17) is 9.47 Å². The van der Waals surface area contributed by atoms with Crippen LogP contribution in [-0.2, 0) is 14.3 Å². The van der Waals surface area contributed by atoms with Crippen molar-refractivity contribution >= 4 is 5.78 Å². The number of rotatable bonds is 4. The van der Waals surface area contributed by atoms with Gasteiger partial charge in [-0.3, -0.25) is 14.6 Å². The summed E-state index contributed by atoms with van der Waals surface area (Å²) in [5.41, 5.74) is 0. The van der Waals surface area contributed by atoms with Crippen LogP contribution in [-0.4, -0.2) is 80.3 Å². The summed E-state index contributed by atoms with van der Waals surface area (Å²) in [6, 6.07) is 0.719. The number of hydrogen-bond donors (Lipinski definition) is 0. The molecule has 0 aromatic heterocycles. The minimum atomic E-state index is 0. The van der Waals surface area contributed by atoms with Crippen LogP contribution in [0.15, 0.2) is 0 Å². The molecule has 142 valence electrons. The molecule has 2 aliphatic heterocycles. The number of ether oxygens (including phenoxy) is 2. The lowest BCUT2D eigenvalue weighted by molar-refractivity contribution is -0.128. The summed E-state index contributed by atoms with van der Waals surface area (Å²) in [4.78, 5) is 17.8. The van der Waals surface area contributed by atoms with Crippen LogP contribution in [0.3, 0.4) is 0 Å². The van der Waals surface area contributed by atoms with Gasteiger partial charge in [-0.05, 0) is 26.7 Å². The van der Waals surface area contributed by atoms with Crippen molar-refractivity contribution in [2.75, 3.05) is 52.6 Å². The molecule has 2 saturated heterocycles. The molecule has 0 N–H and O–H groups in total. The quantitative estimate of drug-likeness (QED) is 0.488. The Bertz CT molecular complexity index is 354. The van der Waals surface area contributed by atoms with E-state index in [1.54, 1.807) is 0 Å². The van der Waals surface area contributed by atoms with Gasteiger partial charge >= 0.3 is 0 Å². The smallest absolute Gasteiger partial charge is 0.142 e. The van der Waals surface area contributed by atoms with Crippen LogP contribution in [0.1, 0.15) is 26.7 Å². The molecular formula is C17H30Cl2N2O3-2. The molecule has 4 unspecified atom stereocenters. The predicted octanol–water partition coefficient (Wildman–Crippen LogP) is -4.97. The first kappa shape index (κ1) is 22.1. The molecule has 3 rings (SSSR count). The first-order chi connectivity index (χ1) is 10.7. The summed E-state index contributed by atoms with van der Waals surface area (Å²) < 4.78 is 10.9. The lowest BCUT2D eigenvalue weighted by Gasteiger charge is -2.37. The molecule has 1 aliphatic carbocycles. The van der Waals surface area contributed by atoms with Crippen LogP contribution in [0.2, 0.25) is 0 Å². The Morgan fingerprint density at radius 1 is 0.792 bits per heavy atom. The average Bonchev–Trinajstić information content (AvgIpc) is 2.96. The van der Waals surface area contributed by atoms with Crippen molar-refractivity contribution in [3.05, 3.63) is 0 Å². The fourth-order valence-corrected chi connectivity index (χ4v) is 4.35. The van der Waals surface area contributed by atoms with E-state index in [0.29, 0.717) is 17.9 Å². The Labute approximate surface area is 158 Å². The second kappa shape index (κ2) is 10.3. The van der Waals surface area contributed by atoms with Gasteiger partial charge in [0.05, 0.1) is 26.4 Å². The highest BCUT2D eigenvalue weighted by atomic mass is 35.5. The number of morpholine rings is 2. The maximum atomic E-state index is 13.0. The molecule has 24 heavy (non-hydrogen) atoms. The van der Waals surface area contributed by atoms with Gasteiger partial charge in [0, 0.05) is 50.1 Å². The summed E-state index contributed by atoms with van der Waals surface area (Å²) in [7, 11) is 0. The highest BCUT2D eigenvalue weighted by Crippen LogP contribution is 2.35. The fraction of sp³-hybridized carbons (Fsp3) is 0.941. The van der Waals surface area contributed by atoms with Gasteiger partial charge in [0.15, 0.2) is 0 Å². The van der Waals surface area contributed by atoms with Crippen LogP contribution in [0.4, 0.5) is 0 Å². The second-order valence-electron chi connectivity index (χ2n) is 6.97. The van der Waals surface area contributed by atoms with Gasteiger partial charge in [0.2, 0.25) is 0 Å². The van der Waals surface area contributed by atoms with E-state index < -0.39 is 0 Å². The number of carbonyl (C=O) groups is 1. The minimum Gasteiger partial charge on any atom is -1.00 e. The summed E-state index contributed by atoms with van der Waals surface area (Å²) in [5.74, 6) is 0.927. The lowest BCUT2D eigenvalue weighted by atomic mass is 9.91. The Balaban J connectivity index is 0.00000144. The second-order valence-corrected chi connectivity index (χ2v) is 6.97. The zero-order chi connectivity index (χ0) is 15.5. The maximum absolute atomic E-state index is 13.0. The Hall–Kier alpha value is 0.0900. The lowest BCUT2D eigenvalue weighted by Crippen LogP contribution is -3.00. The molecule has 2 heterocycles. The molecule has 0 spiro atoms. The molecule has 0 aromatic rings. The number of carbonyl (C=O) groups excluding carboxylic acids is 1. The average molecular weight is 381 g/mol. The van der Waals surface area contributed by atoms with E-state index in [1.165, 1.54) is 0 Å². The number of ketones is 1. The molecule has 0 bridgehead atoms. The third-order valence-corrected chi connectivity index (χ3v) is 5.93. The predicted molar refractivity (Wildman–Crippen MR) is 84.9 cm³/mol. The molecule has 7 heteroatoms. The number of nitrogens with zero attached hydrogens (tertiary/aromatic N) is 2. The van der Waals surface area contributed by atoms with E-state index in [0.717, 1.165) is 65.4 Å². The summed E-state index contributed by atoms with van der Waals surface area (Å²) in [5, 5.41) is 0. The summed E-state index contributed by atoms with van der Waals surface area (Å²) >= 11 is 0. The zero-order valence-electron chi connectivity index (χ0n) is 14.8. The third kappa shape index (κ3) is 4.83. The van der Waals surface area contributed by atoms with E-state index in [2.05, 4.69) is 23.6 Å². The van der Waals surface area contributed by atoms with Crippen molar-refractivity contribution < 1.29 is 39.1 Å². The van der Waals surface area contributed by atoms with Crippen molar-refractivity contribution in [2.24, 2.45) is 11.8 Å². The molecule has 4 atom stereocenters. The topological polar surface area (TPSA) is 42.0 Å². The molecule has 3 fully saturated rings. The first-order valence-electron chi connectivity index (χ1n) is 8.86. The molecule has 3 aliphatic rings. The van der Waals surface area contributed by atoms with Gasteiger partial charge < -0.3 is 34.3 Å².